The summed E-state index contributed by atoms with van der Waals surface area (Å²) in [5.41, 5.74) is 5.92. The fraction of sp³-hybridized carbons (Fsp3) is 0.917. The van der Waals surface area contributed by atoms with Crippen molar-refractivity contribution >= 4 is 5.97 Å². The summed E-state index contributed by atoms with van der Waals surface area (Å²) < 4.78 is 5.11. The van der Waals surface area contributed by atoms with Gasteiger partial charge in [-0.3, -0.25) is 9.69 Å². The standard InChI is InChI=1S/C12H24N2O2/c1-4-11(12(15)16-5-2)14-7-6-10(13)8-9(14)3/h9-11H,4-8,13H2,1-3H3. The molecule has 0 spiro atoms. The molecular weight excluding hydrogens is 204 g/mol. The number of piperidine rings is 1. The Morgan fingerprint density at radius 2 is 2.25 bits per heavy atom. The molecule has 1 rings (SSSR count). The number of carbonyl (C=O) groups is 1. The van der Waals surface area contributed by atoms with Crippen LogP contribution in [-0.4, -0.2) is 42.1 Å². The van der Waals surface area contributed by atoms with Gasteiger partial charge in [-0.15, -0.1) is 0 Å². The van der Waals surface area contributed by atoms with Crippen molar-refractivity contribution in [2.24, 2.45) is 5.73 Å². The third kappa shape index (κ3) is 3.19. The number of hydrogen-bond donors (Lipinski definition) is 1. The van der Waals surface area contributed by atoms with Crippen LogP contribution in [0.1, 0.15) is 40.0 Å². The Balaban J connectivity index is 2.61. The van der Waals surface area contributed by atoms with E-state index in [1.807, 2.05) is 13.8 Å². The summed E-state index contributed by atoms with van der Waals surface area (Å²) >= 11 is 0. The van der Waals surface area contributed by atoms with Gasteiger partial charge in [0.25, 0.3) is 0 Å². The number of nitrogens with zero attached hydrogens (tertiary/aromatic N) is 1. The van der Waals surface area contributed by atoms with E-state index >= 15 is 0 Å². The van der Waals surface area contributed by atoms with Gasteiger partial charge < -0.3 is 10.5 Å². The highest BCUT2D eigenvalue weighted by Crippen LogP contribution is 2.20. The van der Waals surface area contributed by atoms with Crippen LogP contribution in [0.25, 0.3) is 0 Å². The monoisotopic (exact) mass is 228 g/mol. The molecule has 0 aromatic carbocycles. The number of hydrogen-bond acceptors (Lipinski definition) is 4. The Morgan fingerprint density at radius 1 is 1.56 bits per heavy atom. The molecule has 3 atom stereocenters. The summed E-state index contributed by atoms with van der Waals surface area (Å²) in [6.45, 7) is 7.38. The quantitative estimate of drug-likeness (QED) is 0.733. The van der Waals surface area contributed by atoms with E-state index < -0.39 is 0 Å². The van der Waals surface area contributed by atoms with Crippen LogP contribution in [0.4, 0.5) is 0 Å². The van der Waals surface area contributed by atoms with Gasteiger partial charge in [0.15, 0.2) is 0 Å². The van der Waals surface area contributed by atoms with Crippen LogP contribution in [0.5, 0.6) is 0 Å². The van der Waals surface area contributed by atoms with Crippen LogP contribution in [-0.2, 0) is 9.53 Å². The van der Waals surface area contributed by atoms with Gasteiger partial charge in [-0.05, 0) is 33.1 Å². The fourth-order valence-corrected chi connectivity index (χ4v) is 2.46. The summed E-state index contributed by atoms with van der Waals surface area (Å²) in [7, 11) is 0. The van der Waals surface area contributed by atoms with Gasteiger partial charge in [0.2, 0.25) is 0 Å². The molecule has 94 valence electrons. The Labute approximate surface area is 98.1 Å². The maximum Gasteiger partial charge on any atom is 0.323 e. The minimum absolute atomic E-state index is 0.0904. The van der Waals surface area contributed by atoms with E-state index in [-0.39, 0.29) is 18.1 Å². The molecule has 1 saturated heterocycles. The zero-order valence-corrected chi connectivity index (χ0v) is 10.6. The van der Waals surface area contributed by atoms with Crippen LogP contribution >= 0.6 is 0 Å². The second kappa shape index (κ2) is 6.21. The Hall–Kier alpha value is -0.610. The Bertz CT molecular complexity index is 233. The average molecular weight is 228 g/mol. The van der Waals surface area contributed by atoms with Crippen molar-refractivity contribution in [3.8, 4) is 0 Å². The zero-order valence-electron chi connectivity index (χ0n) is 10.6. The molecule has 4 heteroatoms. The molecule has 0 aromatic rings. The summed E-state index contributed by atoms with van der Waals surface area (Å²) in [5.74, 6) is -0.0904. The topological polar surface area (TPSA) is 55.6 Å². The van der Waals surface area contributed by atoms with Crippen molar-refractivity contribution in [3.05, 3.63) is 0 Å². The van der Waals surface area contributed by atoms with E-state index in [0.717, 1.165) is 25.8 Å². The summed E-state index contributed by atoms with van der Waals surface area (Å²) in [6, 6.07) is 0.562. The molecule has 0 amide bonds. The van der Waals surface area contributed by atoms with E-state index in [1.54, 1.807) is 0 Å². The average Bonchev–Trinajstić information content (AvgIpc) is 2.22. The van der Waals surface area contributed by atoms with Gasteiger partial charge in [-0.25, -0.2) is 0 Å². The van der Waals surface area contributed by atoms with Crippen molar-refractivity contribution in [1.82, 2.24) is 4.90 Å². The minimum atomic E-state index is -0.0950. The third-order valence-corrected chi connectivity index (χ3v) is 3.31. The second-order valence-electron chi connectivity index (χ2n) is 4.55. The molecule has 1 aliphatic heterocycles. The van der Waals surface area contributed by atoms with Crippen molar-refractivity contribution in [1.29, 1.82) is 0 Å². The molecular formula is C12H24N2O2. The van der Waals surface area contributed by atoms with E-state index in [9.17, 15) is 4.79 Å². The lowest BCUT2D eigenvalue weighted by Gasteiger charge is -2.40. The number of rotatable bonds is 4. The molecule has 1 fully saturated rings. The predicted octanol–water partition coefficient (Wildman–Crippen LogP) is 1.14. The van der Waals surface area contributed by atoms with Crippen molar-refractivity contribution < 1.29 is 9.53 Å². The van der Waals surface area contributed by atoms with E-state index in [2.05, 4.69) is 11.8 Å². The van der Waals surface area contributed by atoms with Crippen LogP contribution in [0, 0.1) is 0 Å². The zero-order chi connectivity index (χ0) is 12.1. The Kier molecular flexibility index (Phi) is 5.22. The third-order valence-electron chi connectivity index (χ3n) is 3.31. The number of esters is 1. The lowest BCUT2D eigenvalue weighted by molar-refractivity contribution is -0.151. The van der Waals surface area contributed by atoms with E-state index in [1.165, 1.54) is 0 Å². The highest BCUT2D eigenvalue weighted by Gasteiger charge is 2.32. The number of likely N-dealkylation sites (tertiary alicyclic amines) is 1. The van der Waals surface area contributed by atoms with Gasteiger partial charge in [-0.2, -0.15) is 0 Å². The first-order chi connectivity index (χ1) is 7.60. The fourth-order valence-electron chi connectivity index (χ4n) is 2.46. The molecule has 1 heterocycles. The van der Waals surface area contributed by atoms with Crippen LogP contribution in [0.2, 0.25) is 0 Å². The highest BCUT2D eigenvalue weighted by atomic mass is 16.5. The normalized spacial score (nSPS) is 28.8. The van der Waals surface area contributed by atoms with Gasteiger partial charge >= 0.3 is 5.97 Å². The molecule has 1 aliphatic rings. The van der Waals surface area contributed by atoms with Crippen LogP contribution in [0.15, 0.2) is 0 Å². The number of nitrogens with two attached hydrogens (primary N) is 1. The summed E-state index contributed by atoms with van der Waals surface area (Å²) in [4.78, 5) is 14.0. The lowest BCUT2D eigenvalue weighted by Crippen LogP contribution is -2.53. The van der Waals surface area contributed by atoms with Gasteiger partial charge in [-0.1, -0.05) is 6.92 Å². The van der Waals surface area contributed by atoms with Gasteiger partial charge in [0.1, 0.15) is 6.04 Å². The first-order valence-corrected chi connectivity index (χ1v) is 6.28. The Morgan fingerprint density at radius 3 is 2.75 bits per heavy atom. The molecule has 2 N–H and O–H groups in total. The maximum absolute atomic E-state index is 11.8. The van der Waals surface area contributed by atoms with Crippen molar-refractivity contribution in [3.63, 3.8) is 0 Å². The molecule has 0 bridgehead atoms. The van der Waals surface area contributed by atoms with Crippen LogP contribution < -0.4 is 5.73 Å². The molecule has 0 saturated carbocycles. The minimum Gasteiger partial charge on any atom is -0.465 e. The summed E-state index contributed by atoms with van der Waals surface area (Å²) in [5, 5.41) is 0. The lowest BCUT2D eigenvalue weighted by atomic mass is 9.96. The molecule has 0 aromatic heterocycles. The molecule has 16 heavy (non-hydrogen) atoms. The molecule has 4 nitrogen and oxygen atoms in total. The summed E-state index contributed by atoms with van der Waals surface area (Å²) in [6.07, 6.45) is 2.74. The van der Waals surface area contributed by atoms with Crippen molar-refractivity contribution in [2.75, 3.05) is 13.2 Å². The second-order valence-corrected chi connectivity index (χ2v) is 4.55. The van der Waals surface area contributed by atoms with Gasteiger partial charge in [0.05, 0.1) is 6.61 Å². The molecule has 0 aliphatic carbocycles. The highest BCUT2D eigenvalue weighted by molar-refractivity contribution is 5.75. The molecule has 3 unspecified atom stereocenters. The SMILES string of the molecule is CCOC(=O)C(CC)N1CCC(N)CC1C. The first kappa shape index (κ1) is 13.5. The number of carbonyl (C=O) groups excluding carboxylic acids is 1. The first-order valence-electron chi connectivity index (χ1n) is 6.28. The van der Waals surface area contributed by atoms with Crippen LogP contribution in [0.3, 0.4) is 0 Å². The van der Waals surface area contributed by atoms with Crippen molar-refractivity contribution in [2.45, 2.75) is 58.2 Å². The van der Waals surface area contributed by atoms with E-state index in [0.29, 0.717) is 12.6 Å². The maximum atomic E-state index is 11.8. The largest absolute Gasteiger partial charge is 0.465 e. The molecule has 0 radical (unpaired) electrons. The smallest absolute Gasteiger partial charge is 0.323 e. The number of ether oxygens (including phenoxy) is 1. The predicted molar refractivity (Wildman–Crippen MR) is 64.1 cm³/mol. The van der Waals surface area contributed by atoms with Gasteiger partial charge in [0, 0.05) is 18.6 Å². The van der Waals surface area contributed by atoms with E-state index in [4.69, 9.17) is 10.5 Å².